The van der Waals surface area contributed by atoms with Crippen molar-refractivity contribution in [1.29, 1.82) is 0 Å². The molecule has 0 aliphatic heterocycles. The topological polar surface area (TPSA) is 0 Å². The molecule has 25 heavy (non-hydrogen) atoms. The van der Waals surface area contributed by atoms with E-state index in [-0.39, 0.29) is 5.41 Å². The van der Waals surface area contributed by atoms with Crippen molar-refractivity contribution in [3.63, 3.8) is 0 Å². The number of rotatable bonds is 0. The summed E-state index contributed by atoms with van der Waals surface area (Å²) >= 11 is 0. The van der Waals surface area contributed by atoms with E-state index >= 15 is 0 Å². The molecule has 0 aromatic heterocycles. The fraction of sp³-hybridized carbons (Fsp3) is 0.760. The minimum atomic E-state index is 0.283. The van der Waals surface area contributed by atoms with Crippen molar-refractivity contribution in [2.75, 3.05) is 0 Å². The zero-order chi connectivity index (χ0) is 20.3. The Labute approximate surface area is 160 Å². The molecule has 0 N–H and O–H groups in total. The second kappa shape index (κ2) is 12.6. The molecule has 2 atom stereocenters. The van der Waals surface area contributed by atoms with Gasteiger partial charge in [-0.1, -0.05) is 113 Å². The lowest BCUT2D eigenvalue weighted by atomic mass is 9.75. The normalized spacial score (nSPS) is 19.5. The van der Waals surface area contributed by atoms with Gasteiger partial charge >= 0.3 is 0 Å². The molecule has 0 bridgehead atoms. The van der Waals surface area contributed by atoms with Gasteiger partial charge < -0.3 is 0 Å². The summed E-state index contributed by atoms with van der Waals surface area (Å²) in [5, 5.41) is 0. The SMILES string of the molecule is CC.CC.CC1CCCC1C(C)(C)C.Cc1ccccc1C(C)(C)C. The van der Waals surface area contributed by atoms with Crippen LogP contribution in [0.4, 0.5) is 0 Å². The van der Waals surface area contributed by atoms with E-state index in [1.165, 1.54) is 30.4 Å². The first-order chi connectivity index (χ1) is 11.5. The Morgan fingerprint density at radius 3 is 1.52 bits per heavy atom. The second-order valence-corrected chi connectivity index (χ2v) is 8.95. The first-order valence-electron chi connectivity index (χ1n) is 10.6. The zero-order valence-corrected chi connectivity index (χ0v) is 19.6. The quantitative estimate of drug-likeness (QED) is 0.439. The van der Waals surface area contributed by atoms with Gasteiger partial charge in [0.2, 0.25) is 0 Å². The van der Waals surface area contributed by atoms with Crippen molar-refractivity contribution in [1.82, 2.24) is 0 Å². The van der Waals surface area contributed by atoms with Crippen molar-refractivity contribution < 1.29 is 0 Å². The standard InChI is InChI=1S/C11H16.C10H20.2C2H6/c1-9-7-5-6-8-10(9)11(2,3)4;1-8-6-5-7-9(8)10(2,3)4;2*1-2/h5-8H,1-4H3;8-9H,5-7H2,1-4H3;2*1-2H3. The molecule has 1 fully saturated rings. The van der Waals surface area contributed by atoms with E-state index in [0.29, 0.717) is 5.41 Å². The smallest absolute Gasteiger partial charge is 0.0129 e. The molecule has 0 heteroatoms. The molecule has 1 saturated carbocycles. The molecule has 1 aliphatic rings. The Bertz CT molecular complexity index is 428. The first kappa shape index (κ1) is 26.4. The van der Waals surface area contributed by atoms with Gasteiger partial charge in [0.05, 0.1) is 0 Å². The predicted molar refractivity (Wildman–Crippen MR) is 119 cm³/mol. The van der Waals surface area contributed by atoms with Gasteiger partial charge in [0.25, 0.3) is 0 Å². The van der Waals surface area contributed by atoms with Crippen LogP contribution in [0.2, 0.25) is 0 Å². The van der Waals surface area contributed by atoms with Crippen LogP contribution >= 0.6 is 0 Å². The van der Waals surface area contributed by atoms with Crippen molar-refractivity contribution in [2.45, 2.75) is 108 Å². The highest BCUT2D eigenvalue weighted by Gasteiger charge is 2.32. The summed E-state index contributed by atoms with van der Waals surface area (Å²) in [4.78, 5) is 0. The molecule has 0 saturated heterocycles. The summed E-state index contributed by atoms with van der Waals surface area (Å²) in [5.41, 5.74) is 3.67. The van der Waals surface area contributed by atoms with Gasteiger partial charge in [-0.3, -0.25) is 0 Å². The summed E-state index contributed by atoms with van der Waals surface area (Å²) in [7, 11) is 0. The third-order valence-corrected chi connectivity index (χ3v) is 4.93. The summed E-state index contributed by atoms with van der Waals surface area (Å²) in [6, 6.07) is 8.56. The van der Waals surface area contributed by atoms with Crippen LogP contribution in [0.1, 0.15) is 107 Å². The summed E-state index contributed by atoms with van der Waals surface area (Å²) in [6.07, 6.45) is 4.38. The Balaban J connectivity index is 0. The van der Waals surface area contributed by atoms with E-state index in [0.717, 1.165) is 11.8 Å². The molecular formula is C25H48. The van der Waals surface area contributed by atoms with E-state index in [2.05, 4.69) is 79.7 Å². The highest BCUT2D eigenvalue weighted by molar-refractivity contribution is 5.31. The fourth-order valence-corrected chi connectivity index (χ4v) is 3.85. The van der Waals surface area contributed by atoms with E-state index in [1.807, 2.05) is 27.7 Å². The van der Waals surface area contributed by atoms with E-state index in [9.17, 15) is 0 Å². The van der Waals surface area contributed by atoms with Gasteiger partial charge in [-0.25, -0.2) is 0 Å². The maximum atomic E-state index is 2.41. The van der Waals surface area contributed by atoms with Crippen molar-refractivity contribution in [2.24, 2.45) is 17.3 Å². The molecule has 0 radical (unpaired) electrons. The van der Waals surface area contributed by atoms with Crippen molar-refractivity contribution in [3.8, 4) is 0 Å². The number of hydrogen-bond acceptors (Lipinski definition) is 0. The van der Waals surface area contributed by atoms with E-state index in [4.69, 9.17) is 0 Å². The Hall–Kier alpha value is -0.780. The van der Waals surface area contributed by atoms with Gasteiger partial charge in [-0.05, 0) is 47.1 Å². The first-order valence-corrected chi connectivity index (χ1v) is 10.6. The maximum absolute atomic E-state index is 2.41. The highest BCUT2D eigenvalue weighted by atomic mass is 14.4. The van der Waals surface area contributed by atoms with Crippen LogP contribution < -0.4 is 0 Å². The Morgan fingerprint density at radius 1 is 0.800 bits per heavy atom. The van der Waals surface area contributed by atoms with Crippen molar-refractivity contribution >= 4 is 0 Å². The van der Waals surface area contributed by atoms with Gasteiger partial charge in [-0.2, -0.15) is 0 Å². The van der Waals surface area contributed by atoms with Crippen LogP contribution in [-0.2, 0) is 5.41 Å². The van der Waals surface area contributed by atoms with E-state index in [1.54, 1.807) is 0 Å². The minimum absolute atomic E-state index is 0.283. The van der Waals surface area contributed by atoms with E-state index < -0.39 is 0 Å². The Morgan fingerprint density at radius 2 is 1.28 bits per heavy atom. The average molecular weight is 349 g/mol. The molecule has 0 spiro atoms. The van der Waals surface area contributed by atoms with Crippen molar-refractivity contribution in [3.05, 3.63) is 35.4 Å². The van der Waals surface area contributed by atoms with Crippen LogP contribution in [0.3, 0.4) is 0 Å². The van der Waals surface area contributed by atoms with Crippen LogP contribution in [0, 0.1) is 24.2 Å². The summed E-state index contributed by atoms with van der Waals surface area (Å²) in [6.45, 7) is 26.4. The molecule has 1 aromatic carbocycles. The molecule has 0 nitrogen and oxygen atoms in total. The van der Waals surface area contributed by atoms with Gasteiger partial charge in [0.1, 0.15) is 0 Å². The molecule has 0 heterocycles. The average Bonchev–Trinajstić information content (AvgIpc) is 2.98. The lowest BCUT2D eigenvalue weighted by molar-refractivity contribution is 0.196. The van der Waals surface area contributed by atoms with Gasteiger partial charge in [0, 0.05) is 0 Å². The molecule has 148 valence electrons. The van der Waals surface area contributed by atoms with Crippen LogP contribution in [-0.4, -0.2) is 0 Å². The maximum Gasteiger partial charge on any atom is -0.0129 e. The molecule has 1 aromatic rings. The monoisotopic (exact) mass is 348 g/mol. The molecule has 0 amide bonds. The van der Waals surface area contributed by atoms with Crippen LogP contribution in [0.15, 0.2) is 24.3 Å². The fourth-order valence-electron chi connectivity index (χ4n) is 3.85. The number of hydrogen-bond donors (Lipinski definition) is 0. The van der Waals surface area contributed by atoms with Crippen LogP contribution in [0.25, 0.3) is 0 Å². The Kier molecular flexibility index (Phi) is 13.3. The molecule has 2 rings (SSSR count). The number of aryl methyl sites for hydroxylation is 1. The molecule has 1 aliphatic carbocycles. The van der Waals surface area contributed by atoms with Gasteiger partial charge in [-0.15, -0.1) is 0 Å². The summed E-state index contributed by atoms with van der Waals surface area (Å²) in [5.74, 6) is 1.95. The largest absolute Gasteiger partial charge is 0.0683 e. The molecule has 2 unspecified atom stereocenters. The lowest BCUT2D eigenvalue weighted by Crippen LogP contribution is -2.22. The molecular weight excluding hydrogens is 300 g/mol. The zero-order valence-electron chi connectivity index (χ0n) is 19.6. The van der Waals surface area contributed by atoms with Gasteiger partial charge in [0.15, 0.2) is 0 Å². The third-order valence-electron chi connectivity index (χ3n) is 4.93. The second-order valence-electron chi connectivity index (χ2n) is 8.95. The highest BCUT2D eigenvalue weighted by Crippen LogP contribution is 2.42. The van der Waals surface area contributed by atoms with Crippen LogP contribution in [0.5, 0.6) is 0 Å². The number of benzene rings is 1. The third kappa shape index (κ3) is 10.1. The predicted octanol–water partition coefficient (Wildman–Crippen LogP) is 8.81. The minimum Gasteiger partial charge on any atom is -0.0683 e. The summed E-state index contributed by atoms with van der Waals surface area (Å²) < 4.78 is 0. The lowest BCUT2D eigenvalue weighted by Gasteiger charge is -2.30.